The van der Waals surface area contributed by atoms with Crippen LogP contribution >= 0.6 is 0 Å². The van der Waals surface area contributed by atoms with Crippen LogP contribution in [0.25, 0.3) is 0 Å². The van der Waals surface area contributed by atoms with Crippen molar-refractivity contribution >= 4 is 11.8 Å². The fourth-order valence-corrected chi connectivity index (χ4v) is 3.40. The van der Waals surface area contributed by atoms with Crippen LogP contribution in [0.2, 0.25) is 0 Å². The molecule has 1 saturated heterocycles. The Morgan fingerprint density at radius 2 is 2.25 bits per heavy atom. The summed E-state index contributed by atoms with van der Waals surface area (Å²) in [5.41, 5.74) is 2.69. The fourth-order valence-electron chi connectivity index (χ4n) is 3.40. The minimum Gasteiger partial charge on any atom is -0.447 e. The van der Waals surface area contributed by atoms with Crippen LogP contribution in [0.4, 0.5) is 14.9 Å². The number of fused-ring (bicyclic) bond motifs is 3. The number of cyclic esters (lactones) is 1. The first kappa shape index (κ1) is 15.1. The van der Waals surface area contributed by atoms with E-state index >= 15 is 0 Å². The Morgan fingerprint density at radius 1 is 1.33 bits per heavy atom. The average Bonchev–Trinajstić information content (AvgIpc) is 2.94. The van der Waals surface area contributed by atoms with E-state index in [9.17, 15) is 9.18 Å². The Kier molecular flexibility index (Phi) is 3.90. The summed E-state index contributed by atoms with van der Waals surface area (Å²) in [5, 5.41) is 0. The molecular weight excluding hydrogens is 309 g/mol. The lowest BCUT2D eigenvalue weighted by atomic mass is 10.0. The summed E-state index contributed by atoms with van der Waals surface area (Å²) < 4.78 is 19.0. The van der Waals surface area contributed by atoms with E-state index in [-0.39, 0.29) is 18.0 Å². The van der Waals surface area contributed by atoms with Crippen LogP contribution in [0.5, 0.6) is 0 Å². The number of nitrogens with zero attached hydrogens (tertiary/aromatic N) is 3. The maximum absolute atomic E-state index is 13.8. The van der Waals surface area contributed by atoms with Crippen LogP contribution in [-0.4, -0.2) is 35.2 Å². The van der Waals surface area contributed by atoms with Gasteiger partial charge >= 0.3 is 6.09 Å². The monoisotopic (exact) mass is 327 g/mol. The SMILES string of the molecule is O=C1OC[C@@H]2CCN(Cc3cccnc3)Cc3ccc(F)cc3N12. The summed E-state index contributed by atoms with van der Waals surface area (Å²) in [6, 6.07) is 8.56. The molecule has 2 aliphatic rings. The second-order valence-electron chi connectivity index (χ2n) is 6.23. The fraction of sp³-hybridized carbons (Fsp3) is 0.333. The topological polar surface area (TPSA) is 45.7 Å². The number of pyridine rings is 1. The normalized spacial score (nSPS) is 20.8. The Bertz CT molecular complexity index is 753. The Hall–Kier alpha value is -2.47. The van der Waals surface area contributed by atoms with Crippen molar-refractivity contribution in [2.24, 2.45) is 0 Å². The number of benzene rings is 1. The quantitative estimate of drug-likeness (QED) is 0.851. The Balaban J connectivity index is 1.66. The third kappa shape index (κ3) is 2.85. The van der Waals surface area contributed by atoms with Crippen LogP contribution in [0.3, 0.4) is 0 Å². The molecule has 1 aromatic heterocycles. The van der Waals surface area contributed by atoms with E-state index < -0.39 is 0 Å². The number of amides is 1. The number of ether oxygens (including phenoxy) is 1. The molecule has 0 spiro atoms. The standard InChI is InChI=1S/C18H18FN3O2/c19-15-4-3-14-11-21(10-13-2-1-6-20-9-13)7-5-16-12-24-18(23)22(16)17(14)8-15/h1-4,6,8-9,16H,5,7,10-12H2/t16-/m0/s1. The molecule has 0 aliphatic carbocycles. The number of carbonyl (C=O) groups excluding carboxylic acids is 1. The highest BCUT2D eigenvalue weighted by Gasteiger charge is 2.37. The van der Waals surface area contributed by atoms with Gasteiger partial charge in [-0.2, -0.15) is 0 Å². The molecular formula is C18H18FN3O2. The molecule has 0 saturated carbocycles. The van der Waals surface area contributed by atoms with Crippen LogP contribution in [0.1, 0.15) is 17.5 Å². The molecule has 2 aliphatic heterocycles. The van der Waals surface area contributed by atoms with Gasteiger partial charge in [-0.05, 0) is 35.7 Å². The first-order valence-corrected chi connectivity index (χ1v) is 8.06. The van der Waals surface area contributed by atoms with Gasteiger partial charge in [0.05, 0.1) is 11.7 Å². The summed E-state index contributed by atoms with van der Waals surface area (Å²) in [7, 11) is 0. The summed E-state index contributed by atoms with van der Waals surface area (Å²) in [4.78, 5) is 20.2. The van der Waals surface area contributed by atoms with Crippen LogP contribution < -0.4 is 4.90 Å². The lowest BCUT2D eigenvalue weighted by Crippen LogP contribution is -2.40. The first-order valence-electron chi connectivity index (χ1n) is 8.06. The minimum atomic E-state index is -0.382. The van der Waals surface area contributed by atoms with Crippen molar-refractivity contribution in [3.8, 4) is 0 Å². The molecule has 1 fully saturated rings. The number of hydrogen-bond acceptors (Lipinski definition) is 4. The van der Waals surface area contributed by atoms with Gasteiger partial charge in [0.1, 0.15) is 12.4 Å². The van der Waals surface area contributed by atoms with E-state index in [1.54, 1.807) is 17.2 Å². The van der Waals surface area contributed by atoms with Gasteiger partial charge in [0, 0.05) is 32.0 Å². The van der Waals surface area contributed by atoms with E-state index in [0.29, 0.717) is 18.8 Å². The number of carbonyl (C=O) groups is 1. The van der Waals surface area contributed by atoms with E-state index in [1.807, 2.05) is 18.3 Å². The zero-order chi connectivity index (χ0) is 16.5. The number of anilines is 1. The summed E-state index contributed by atoms with van der Waals surface area (Å²) >= 11 is 0. The second-order valence-corrected chi connectivity index (χ2v) is 6.23. The van der Waals surface area contributed by atoms with Gasteiger partial charge in [0.2, 0.25) is 0 Å². The van der Waals surface area contributed by atoms with Crippen LogP contribution in [0, 0.1) is 5.82 Å². The molecule has 24 heavy (non-hydrogen) atoms. The van der Waals surface area contributed by atoms with E-state index in [2.05, 4.69) is 9.88 Å². The van der Waals surface area contributed by atoms with Crippen molar-refractivity contribution in [3.63, 3.8) is 0 Å². The summed E-state index contributed by atoms with van der Waals surface area (Å²) in [5.74, 6) is -0.341. The van der Waals surface area contributed by atoms with Crippen LogP contribution in [0.15, 0.2) is 42.7 Å². The molecule has 0 N–H and O–H groups in total. The van der Waals surface area contributed by atoms with E-state index in [4.69, 9.17) is 4.74 Å². The Morgan fingerprint density at radius 3 is 3.08 bits per heavy atom. The van der Waals surface area contributed by atoms with Gasteiger partial charge in [0.15, 0.2) is 0 Å². The van der Waals surface area contributed by atoms with Gasteiger partial charge in [-0.15, -0.1) is 0 Å². The van der Waals surface area contributed by atoms with Gasteiger partial charge < -0.3 is 4.74 Å². The third-order valence-corrected chi connectivity index (χ3v) is 4.57. The molecule has 1 amide bonds. The minimum absolute atomic E-state index is 0.0465. The smallest absolute Gasteiger partial charge is 0.414 e. The summed E-state index contributed by atoms with van der Waals surface area (Å²) in [6.07, 6.45) is 4.03. The molecule has 1 aromatic carbocycles. The first-order chi connectivity index (χ1) is 11.7. The molecule has 1 atom stereocenters. The molecule has 0 bridgehead atoms. The second kappa shape index (κ2) is 6.20. The van der Waals surface area contributed by atoms with Gasteiger partial charge in [0.25, 0.3) is 0 Å². The van der Waals surface area contributed by atoms with Crippen LogP contribution in [-0.2, 0) is 17.8 Å². The highest BCUT2D eigenvalue weighted by molar-refractivity contribution is 5.91. The number of aromatic nitrogens is 1. The highest BCUT2D eigenvalue weighted by atomic mass is 19.1. The Labute approximate surface area is 139 Å². The van der Waals surface area contributed by atoms with Gasteiger partial charge in [-0.3, -0.25) is 14.8 Å². The zero-order valence-corrected chi connectivity index (χ0v) is 13.2. The maximum atomic E-state index is 13.8. The lowest BCUT2D eigenvalue weighted by molar-refractivity contribution is 0.177. The van der Waals surface area contributed by atoms with Crippen molar-refractivity contribution in [1.29, 1.82) is 0 Å². The van der Waals surface area contributed by atoms with Gasteiger partial charge in [-0.1, -0.05) is 12.1 Å². The molecule has 0 radical (unpaired) electrons. The lowest BCUT2D eigenvalue weighted by Gasteiger charge is -2.32. The molecule has 5 nitrogen and oxygen atoms in total. The van der Waals surface area contributed by atoms with Crippen molar-refractivity contribution < 1.29 is 13.9 Å². The molecule has 4 rings (SSSR count). The van der Waals surface area contributed by atoms with Crippen molar-refractivity contribution in [1.82, 2.24) is 9.88 Å². The largest absolute Gasteiger partial charge is 0.447 e. The average molecular weight is 327 g/mol. The molecule has 124 valence electrons. The van der Waals surface area contributed by atoms with Crippen molar-refractivity contribution in [3.05, 3.63) is 59.7 Å². The predicted octanol–water partition coefficient (Wildman–Crippen LogP) is 2.95. The maximum Gasteiger partial charge on any atom is 0.414 e. The third-order valence-electron chi connectivity index (χ3n) is 4.57. The zero-order valence-electron chi connectivity index (χ0n) is 13.2. The molecule has 2 aromatic rings. The number of halogens is 1. The van der Waals surface area contributed by atoms with Crippen molar-refractivity contribution in [2.75, 3.05) is 18.1 Å². The molecule has 3 heterocycles. The van der Waals surface area contributed by atoms with Gasteiger partial charge in [-0.25, -0.2) is 9.18 Å². The van der Waals surface area contributed by atoms with Crippen molar-refractivity contribution in [2.45, 2.75) is 25.6 Å². The number of rotatable bonds is 2. The molecule has 6 heteroatoms. The number of hydrogen-bond donors (Lipinski definition) is 0. The van der Waals surface area contributed by atoms with E-state index in [0.717, 1.165) is 30.6 Å². The summed E-state index contributed by atoms with van der Waals surface area (Å²) in [6.45, 7) is 2.62. The highest BCUT2D eigenvalue weighted by Crippen LogP contribution is 2.32. The van der Waals surface area contributed by atoms with E-state index in [1.165, 1.54) is 12.1 Å². The predicted molar refractivity (Wildman–Crippen MR) is 87.0 cm³/mol. The molecule has 0 unspecified atom stereocenters.